The van der Waals surface area contributed by atoms with Crippen LogP contribution in [0, 0.1) is 0 Å². The Balaban J connectivity index is 2.47. The highest BCUT2D eigenvalue weighted by Gasteiger charge is 2.08. The summed E-state index contributed by atoms with van der Waals surface area (Å²) in [4.78, 5) is 0.927. The normalized spacial score (nSPS) is 20.0. The van der Waals surface area contributed by atoms with Gasteiger partial charge in [0.05, 0.1) is 0 Å². The third-order valence-electron chi connectivity index (χ3n) is 1.80. The molecule has 0 bridgehead atoms. The maximum absolute atomic E-state index is 9.21. The van der Waals surface area contributed by atoms with Crippen molar-refractivity contribution in [3.05, 3.63) is 29.8 Å². The van der Waals surface area contributed by atoms with Crippen LogP contribution in [0.5, 0.6) is 0 Å². The van der Waals surface area contributed by atoms with Gasteiger partial charge in [-0.3, -0.25) is 0 Å². The van der Waals surface area contributed by atoms with Crippen LogP contribution in [0.4, 0.5) is 5.69 Å². The molecule has 62 valence electrons. The quantitative estimate of drug-likeness (QED) is 0.530. The van der Waals surface area contributed by atoms with Gasteiger partial charge in [0.1, 0.15) is 6.23 Å². The standard InChI is InChI=1S/C9H9NOS/c11-9-4-1-6-5-7(12)2-3-8(6)10-9/h1-5,9-12H. The monoisotopic (exact) mass is 179 g/mol. The zero-order valence-electron chi connectivity index (χ0n) is 6.36. The highest BCUT2D eigenvalue weighted by atomic mass is 32.1. The van der Waals surface area contributed by atoms with Crippen molar-refractivity contribution in [3.8, 4) is 0 Å². The van der Waals surface area contributed by atoms with Gasteiger partial charge in [0.2, 0.25) is 0 Å². The zero-order valence-corrected chi connectivity index (χ0v) is 7.25. The summed E-state index contributed by atoms with van der Waals surface area (Å²) in [7, 11) is 0. The molecule has 1 unspecified atom stereocenters. The Labute approximate surface area is 76.3 Å². The second kappa shape index (κ2) is 2.84. The zero-order chi connectivity index (χ0) is 8.55. The predicted octanol–water partition coefficient (Wildman–Crippen LogP) is 1.73. The number of nitrogens with one attached hydrogen (secondary N) is 1. The Bertz CT molecular complexity index is 335. The Morgan fingerprint density at radius 2 is 2.25 bits per heavy atom. The van der Waals surface area contributed by atoms with Gasteiger partial charge in [0.25, 0.3) is 0 Å². The number of aliphatic hydroxyl groups excluding tert-OH is 1. The summed E-state index contributed by atoms with van der Waals surface area (Å²) in [5, 5.41) is 12.1. The van der Waals surface area contributed by atoms with E-state index < -0.39 is 6.23 Å². The molecule has 1 aliphatic heterocycles. The van der Waals surface area contributed by atoms with Crippen LogP contribution in [0.15, 0.2) is 29.2 Å². The van der Waals surface area contributed by atoms with Gasteiger partial charge in [0.15, 0.2) is 0 Å². The van der Waals surface area contributed by atoms with Crippen LogP contribution in [0.2, 0.25) is 0 Å². The van der Waals surface area contributed by atoms with E-state index in [9.17, 15) is 5.11 Å². The Morgan fingerprint density at radius 1 is 1.42 bits per heavy atom. The smallest absolute Gasteiger partial charge is 0.144 e. The fourth-order valence-corrected chi connectivity index (χ4v) is 1.44. The molecule has 0 saturated heterocycles. The number of hydrogen-bond donors (Lipinski definition) is 3. The van der Waals surface area contributed by atoms with Crippen LogP contribution < -0.4 is 5.32 Å². The number of rotatable bonds is 0. The fraction of sp³-hybridized carbons (Fsp3) is 0.111. The van der Waals surface area contributed by atoms with E-state index in [0.717, 1.165) is 16.1 Å². The third kappa shape index (κ3) is 1.33. The molecule has 3 heteroatoms. The van der Waals surface area contributed by atoms with E-state index in [-0.39, 0.29) is 0 Å². The Kier molecular flexibility index (Phi) is 1.83. The lowest BCUT2D eigenvalue weighted by Gasteiger charge is -2.17. The number of benzene rings is 1. The first-order valence-corrected chi connectivity index (χ1v) is 4.16. The van der Waals surface area contributed by atoms with Crippen molar-refractivity contribution in [1.29, 1.82) is 0 Å². The SMILES string of the molecule is OC1C=Cc2cc(S)ccc2N1. The third-order valence-corrected chi connectivity index (χ3v) is 2.07. The molecule has 1 atom stereocenters. The highest BCUT2D eigenvalue weighted by Crippen LogP contribution is 2.24. The van der Waals surface area contributed by atoms with Gasteiger partial charge in [-0.1, -0.05) is 6.08 Å². The van der Waals surface area contributed by atoms with E-state index in [1.54, 1.807) is 6.08 Å². The van der Waals surface area contributed by atoms with Gasteiger partial charge in [-0.15, -0.1) is 12.6 Å². The fourth-order valence-electron chi connectivity index (χ4n) is 1.22. The number of hydrogen-bond acceptors (Lipinski definition) is 3. The van der Waals surface area contributed by atoms with Crippen LogP contribution >= 0.6 is 12.6 Å². The maximum atomic E-state index is 9.21. The van der Waals surface area contributed by atoms with Crippen LogP contribution in [-0.4, -0.2) is 11.3 Å². The predicted molar refractivity (Wildman–Crippen MR) is 52.4 cm³/mol. The highest BCUT2D eigenvalue weighted by molar-refractivity contribution is 7.80. The molecule has 1 heterocycles. The molecule has 0 radical (unpaired) electrons. The molecule has 1 aromatic rings. The Morgan fingerprint density at radius 3 is 3.08 bits per heavy atom. The van der Waals surface area contributed by atoms with Crippen LogP contribution in [0.25, 0.3) is 6.08 Å². The lowest BCUT2D eigenvalue weighted by Crippen LogP contribution is -2.18. The van der Waals surface area contributed by atoms with E-state index in [2.05, 4.69) is 17.9 Å². The molecule has 2 rings (SSSR count). The number of thiol groups is 1. The second-order valence-electron chi connectivity index (χ2n) is 2.72. The minimum atomic E-state index is -0.566. The van der Waals surface area contributed by atoms with Gasteiger partial charge < -0.3 is 10.4 Å². The maximum Gasteiger partial charge on any atom is 0.144 e. The molecule has 0 spiro atoms. The average Bonchev–Trinajstić information content (AvgIpc) is 2.05. The van der Waals surface area contributed by atoms with Gasteiger partial charge in [0, 0.05) is 10.6 Å². The van der Waals surface area contributed by atoms with Crippen molar-refractivity contribution in [2.75, 3.05) is 5.32 Å². The van der Waals surface area contributed by atoms with Crippen LogP contribution in [-0.2, 0) is 0 Å². The van der Waals surface area contributed by atoms with E-state index in [4.69, 9.17) is 0 Å². The van der Waals surface area contributed by atoms with Gasteiger partial charge in [-0.25, -0.2) is 0 Å². The second-order valence-corrected chi connectivity index (χ2v) is 3.24. The average molecular weight is 179 g/mol. The van der Waals surface area contributed by atoms with Crippen molar-refractivity contribution >= 4 is 24.4 Å². The molecule has 0 aromatic heterocycles. The number of anilines is 1. The summed E-state index contributed by atoms with van der Waals surface area (Å²) in [5.41, 5.74) is 2.01. The molecule has 0 aliphatic carbocycles. The minimum absolute atomic E-state index is 0.566. The van der Waals surface area contributed by atoms with Crippen molar-refractivity contribution in [1.82, 2.24) is 0 Å². The topological polar surface area (TPSA) is 32.3 Å². The number of aliphatic hydroxyl groups is 1. The lowest BCUT2D eigenvalue weighted by molar-refractivity contribution is 0.252. The van der Waals surface area contributed by atoms with E-state index in [1.807, 2.05) is 24.3 Å². The molecule has 2 nitrogen and oxygen atoms in total. The van der Waals surface area contributed by atoms with Crippen LogP contribution in [0.3, 0.4) is 0 Å². The van der Waals surface area contributed by atoms with Crippen molar-refractivity contribution < 1.29 is 5.11 Å². The molecule has 0 saturated carbocycles. The molecule has 0 fully saturated rings. The van der Waals surface area contributed by atoms with E-state index in [1.165, 1.54) is 0 Å². The first-order valence-electron chi connectivity index (χ1n) is 3.71. The molecule has 2 N–H and O–H groups in total. The molecular weight excluding hydrogens is 170 g/mol. The molecule has 1 aromatic carbocycles. The minimum Gasteiger partial charge on any atom is -0.370 e. The largest absolute Gasteiger partial charge is 0.370 e. The lowest BCUT2D eigenvalue weighted by atomic mass is 10.1. The van der Waals surface area contributed by atoms with Crippen molar-refractivity contribution in [2.45, 2.75) is 11.1 Å². The molecular formula is C9H9NOS. The first kappa shape index (κ1) is 7.71. The molecule has 12 heavy (non-hydrogen) atoms. The first-order chi connectivity index (χ1) is 5.75. The van der Waals surface area contributed by atoms with Gasteiger partial charge >= 0.3 is 0 Å². The molecule has 1 aliphatic rings. The van der Waals surface area contributed by atoms with Crippen molar-refractivity contribution in [3.63, 3.8) is 0 Å². The molecule has 0 amide bonds. The summed E-state index contributed by atoms with van der Waals surface area (Å²) < 4.78 is 0. The summed E-state index contributed by atoms with van der Waals surface area (Å²) in [6.45, 7) is 0. The summed E-state index contributed by atoms with van der Waals surface area (Å²) in [5.74, 6) is 0. The summed E-state index contributed by atoms with van der Waals surface area (Å²) in [6, 6.07) is 5.75. The van der Waals surface area contributed by atoms with Crippen LogP contribution in [0.1, 0.15) is 5.56 Å². The van der Waals surface area contributed by atoms with Crippen molar-refractivity contribution in [2.24, 2.45) is 0 Å². The van der Waals surface area contributed by atoms with Gasteiger partial charge in [-0.2, -0.15) is 0 Å². The summed E-state index contributed by atoms with van der Waals surface area (Å²) in [6.07, 6.45) is 3.02. The Hall–Kier alpha value is -0.930. The van der Waals surface area contributed by atoms with E-state index in [0.29, 0.717) is 0 Å². The van der Waals surface area contributed by atoms with E-state index >= 15 is 0 Å². The van der Waals surface area contributed by atoms with Gasteiger partial charge in [-0.05, 0) is 29.8 Å². The number of fused-ring (bicyclic) bond motifs is 1. The summed E-state index contributed by atoms with van der Waals surface area (Å²) >= 11 is 4.22.